The number of amides is 1. The molecule has 2 aliphatic heterocycles. The quantitative estimate of drug-likeness (QED) is 0.0204. The Kier molecular flexibility index (Phi) is 42.1. The molecule has 0 aliphatic carbocycles. The highest BCUT2D eigenvalue weighted by molar-refractivity contribution is 5.76. The summed E-state index contributed by atoms with van der Waals surface area (Å²) >= 11 is 0. The van der Waals surface area contributed by atoms with Crippen LogP contribution in [0.15, 0.2) is 24.3 Å². The lowest BCUT2D eigenvalue weighted by Crippen LogP contribution is -2.65. The van der Waals surface area contributed by atoms with Gasteiger partial charge in [-0.05, 0) is 38.5 Å². The molecule has 0 aromatic carbocycles. The number of aliphatic hydroxyl groups excluding tert-OH is 8. The van der Waals surface area contributed by atoms with E-state index in [1.54, 1.807) is 0 Å². The van der Waals surface area contributed by atoms with E-state index in [2.05, 4.69) is 43.5 Å². The Morgan fingerprint density at radius 3 is 1.42 bits per heavy atom. The lowest BCUT2D eigenvalue weighted by atomic mass is 9.97. The van der Waals surface area contributed by atoms with Gasteiger partial charge in [0.15, 0.2) is 12.6 Å². The minimum Gasteiger partial charge on any atom is -0.394 e. The van der Waals surface area contributed by atoms with Crippen LogP contribution < -0.4 is 5.32 Å². The maximum Gasteiger partial charge on any atom is 0.220 e. The van der Waals surface area contributed by atoms with Crippen molar-refractivity contribution in [2.75, 3.05) is 19.8 Å². The third-order valence-electron chi connectivity index (χ3n) is 14.9. The number of rotatable bonds is 48. The summed E-state index contributed by atoms with van der Waals surface area (Å²) in [5.41, 5.74) is 0. The van der Waals surface area contributed by atoms with Crippen molar-refractivity contribution in [1.82, 2.24) is 5.32 Å². The van der Waals surface area contributed by atoms with Crippen LogP contribution in [0.3, 0.4) is 0 Å². The first-order valence-electron chi connectivity index (χ1n) is 30.1. The minimum atomic E-state index is -1.78. The second kappa shape index (κ2) is 45.5. The van der Waals surface area contributed by atoms with Crippen molar-refractivity contribution in [2.24, 2.45) is 0 Å². The van der Waals surface area contributed by atoms with Crippen molar-refractivity contribution >= 4 is 5.91 Å². The van der Waals surface area contributed by atoms with Crippen molar-refractivity contribution in [2.45, 2.75) is 325 Å². The van der Waals surface area contributed by atoms with Crippen LogP contribution in [0, 0.1) is 0 Å². The van der Waals surface area contributed by atoms with E-state index in [4.69, 9.17) is 18.9 Å². The summed E-state index contributed by atoms with van der Waals surface area (Å²) in [4.78, 5) is 13.2. The Hall–Kier alpha value is -1.53. The zero-order chi connectivity index (χ0) is 53.2. The molecule has 2 rings (SSSR count). The molecule has 0 saturated carbocycles. The third kappa shape index (κ3) is 31.5. The lowest BCUT2D eigenvalue weighted by Gasteiger charge is -2.46. The number of ether oxygens (including phenoxy) is 4. The maximum absolute atomic E-state index is 13.2. The van der Waals surface area contributed by atoms with Gasteiger partial charge in [0.1, 0.15) is 48.8 Å². The maximum atomic E-state index is 13.2. The van der Waals surface area contributed by atoms with Gasteiger partial charge in [0.25, 0.3) is 0 Å². The van der Waals surface area contributed by atoms with E-state index < -0.39 is 86.8 Å². The molecule has 430 valence electrons. The number of hydrogen-bond donors (Lipinski definition) is 9. The van der Waals surface area contributed by atoms with Crippen LogP contribution in [0.25, 0.3) is 0 Å². The highest BCUT2D eigenvalue weighted by Gasteiger charge is 2.51. The van der Waals surface area contributed by atoms with Gasteiger partial charge < -0.3 is 65.1 Å². The molecule has 12 atom stereocenters. The topological polar surface area (TPSA) is 228 Å². The SMILES string of the molecule is CCC/C=C\C/C=C\CCCCCCCC(=O)NC(COC1OC(CO)C(OC2OC(CO)C(O)C(O)C2O)C(O)C1O)C(O)CCCCCCCCCCCCCCCCCCCCCCCCCCCC. The molecule has 0 radical (unpaired) electrons. The Morgan fingerprint density at radius 1 is 0.493 bits per heavy atom. The van der Waals surface area contributed by atoms with Gasteiger partial charge in [-0.3, -0.25) is 4.79 Å². The van der Waals surface area contributed by atoms with Gasteiger partial charge in [-0.25, -0.2) is 0 Å². The molecule has 2 aliphatic rings. The first-order valence-corrected chi connectivity index (χ1v) is 30.1. The van der Waals surface area contributed by atoms with Crippen molar-refractivity contribution in [1.29, 1.82) is 0 Å². The lowest BCUT2D eigenvalue weighted by molar-refractivity contribution is -0.359. The first-order chi connectivity index (χ1) is 35.6. The van der Waals surface area contributed by atoms with Gasteiger partial charge >= 0.3 is 0 Å². The monoisotopic (exact) mass is 1040 g/mol. The second-order valence-electron chi connectivity index (χ2n) is 21.5. The molecule has 14 nitrogen and oxygen atoms in total. The molecule has 1 amide bonds. The molecular formula is C59H111NO13. The molecule has 12 unspecified atom stereocenters. The number of nitrogens with one attached hydrogen (secondary N) is 1. The standard InChI is InChI=1S/C59H111NO13/c1-3-5-7-9-11-13-15-17-18-19-20-21-22-23-24-25-26-27-28-29-31-32-34-36-38-40-42-48(63)47(60-51(64)43-41-39-37-35-33-30-16-14-12-10-8-6-4-2)46-70-58-56(69)54(67)57(50(45-62)72-58)73-59-55(68)53(66)52(65)49(44-61)71-59/h8,10,14,16,47-50,52-59,61-63,65-69H,3-7,9,11-13,15,17-46H2,1-2H3,(H,60,64)/b10-8-,16-14-. The number of carbonyl (C=O) groups excluding carboxylic acids is 1. The Bertz CT molecular complexity index is 1320. The summed E-state index contributed by atoms with van der Waals surface area (Å²) in [5, 5.41) is 87.2. The Balaban J connectivity index is 1.70. The number of allylic oxidation sites excluding steroid dienone is 4. The van der Waals surface area contributed by atoms with Gasteiger partial charge in [0.2, 0.25) is 5.91 Å². The summed E-state index contributed by atoms with van der Waals surface area (Å²) in [6, 6.07) is -0.834. The highest BCUT2D eigenvalue weighted by Crippen LogP contribution is 2.30. The van der Waals surface area contributed by atoms with Crippen molar-refractivity contribution in [3.63, 3.8) is 0 Å². The summed E-state index contributed by atoms with van der Waals surface area (Å²) in [7, 11) is 0. The van der Waals surface area contributed by atoms with Gasteiger partial charge in [-0.2, -0.15) is 0 Å². The van der Waals surface area contributed by atoms with Crippen molar-refractivity contribution in [3.8, 4) is 0 Å². The smallest absolute Gasteiger partial charge is 0.220 e. The molecule has 0 aromatic rings. The van der Waals surface area contributed by atoms with E-state index in [0.717, 1.165) is 77.0 Å². The molecule has 2 saturated heterocycles. The van der Waals surface area contributed by atoms with Gasteiger partial charge in [-0.15, -0.1) is 0 Å². The van der Waals surface area contributed by atoms with Crippen LogP contribution >= 0.6 is 0 Å². The molecule has 0 bridgehead atoms. The van der Waals surface area contributed by atoms with Gasteiger partial charge in [0, 0.05) is 6.42 Å². The number of hydrogen-bond acceptors (Lipinski definition) is 13. The Labute approximate surface area is 443 Å². The molecule has 2 fully saturated rings. The normalized spacial score (nSPS) is 25.5. The van der Waals surface area contributed by atoms with Crippen LogP contribution in [0.2, 0.25) is 0 Å². The van der Waals surface area contributed by atoms with E-state index in [0.29, 0.717) is 12.8 Å². The Morgan fingerprint density at radius 2 is 0.932 bits per heavy atom. The van der Waals surface area contributed by atoms with Gasteiger partial charge in [-0.1, -0.05) is 231 Å². The minimum absolute atomic E-state index is 0.219. The number of carbonyl (C=O) groups is 1. The zero-order valence-electron chi connectivity index (χ0n) is 46.1. The zero-order valence-corrected chi connectivity index (χ0v) is 46.1. The summed E-state index contributed by atoms with van der Waals surface area (Å²) in [6.07, 6.45) is 36.2. The van der Waals surface area contributed by atoms with E-state index in [9.17, 15) is 45.6 Å². The summed E-state index contributed by atoms with van der Waals surface area (Å²) in [6.45, 7) is 2.80. The van der Waals surface area contributed by atoms with Crippen LogP contribution in [-0.4, -0.2) is 140 Å². The van der Waals surface area contributed by atoms with Gasteiger partial charge in [0.05, 0.1) is 32.0 Å². The first kappa shape index (κ1) is 67.6. The largest absolute Gasteiger partial charge is 0.394 e. The summed E-state index contributed by atoms with van der Waals surface area (Å²) in [5.74, 6) is -0.219. The van der Waals surface area contributed by atoms with Crippen LogP contribution in [0.5, 0.6) is 0 Å². The fourth-order valence-corrected chi connectivity index (χ4v) is 10.0. The van der Waals surface area contributed by atoms with E-state index in [-0.39, 0.29) is 18.9 Å². The van der Waals surface area contributed by atoms with Crippen molar-refractivity contribution < 1.29 is 64.6 Å². The fraction of sp³-hybridized carbons (Fsp3) is 0.915. The molecular weight excluding hydrogens is 931 g/mol. The second-order valence-corrected chi connectivity index (χ2v) is 21.5. The van der Waals surface area contributed by atoms with Crippen LogP contribution in [-0.2, 0) is 23.7 Å². The predicted octanol–water partition coefficient (Wildman–Crippen LogP) is 10.1. The van der Waals surface area contributed by atoms with Crippen molar-refractivity contribution in [3.05, 3.63) is 24.3 Å². The molecule has 0 spiro atoms. The molecule has 0 aromatic heterocycles. The van der Waals surface area contributed by atoms with E-state index >= 15 is 0 Å². The fourth-order valence-electron chi connectivity index (χ4n) is 10.0. The predicted molar refractivity (Wildman–Crippen MR) is 291 cm³/mol. The molecule has 2 heterocycles. The number of unbranched alkanes of at least 4 members (excludes halogenated alkanes) is 31. The average molecular weight is 1040 g/mol. The molecule has 73 heavy (non-hydrogen) atoms. The van der Waals surface area contributed by atoms with E-state index in [1.165, 1.54) is 141 Å². The molecule has 14 heteroatoms. The van der Waals surface area contributed by atoms with E-state index in [1.807, 2.05) is 0 Å². The average Bonchev–Trinajstić information content (AvgIpc) is 3.39. The third-order valence-corrected chi connectivity index (χ3v) is 14.9. The van der Waals surface area contributed by atoms with Crippen LogP contribution in [0.4, 0.5) is 0 Å². The molecule has 9 N–H and O–H groups in total. The highest BCUT2D eigenvalue weighted by atomic mass is 16.7. The number of aliphatic hydroxyl groups is 8. The summed E-state index contributed by atoms with van der Waals surface area (Å²) < 4.78 is 22.8. The van der Waals surface area contributed by atoms with Crippen LogP contribution in [0.1, 0.15) is 251 Å².